The Bertz CT molecular complexity index is 1130. The largest absolute Gasteiger partial charge is 0.452 e. The zero-order valence-electron chi connectivity index (χ0n) is 17.3. The number of fused-ring (bicyclic) bond motifs is 1. The molecule has 2 aromatic carbocycles. The minimum absolute atomic E-state index is 0.0140. The zero-order valence-corrected chi connectivity index (χ0v) is 18.9. The van der Waals surface area contributed by atoms with Crippen molar-refractivity contribution in [2.24, 2.45) is 0 Å². The molecule has 0 bridgehead atoms. The Hall–Kier alpha value is -2.46. The van der Waals surface area contributed by atoms with Gasteiger partial charge in [0.1, 0.15) is 4.90 Å². The van der Waals surface area contributed by atoms with Gasteiger partial charge in [0.15, 0.2) is 6.61 Å². The van der Waals surface area contributed by atoms with E-state index in [9.17, 15) is 18.0 Å². The predicted octanol–water partition coefficient (Wildman–Crippen LogP) is 2.10. The smallest absolute Gasteiger partial charge is 0.338 e. The molecule has 0 unspecified atom stereocenters. The first-order chi connectivity index (χ1) is 15.4. The van der Waals surface area contributed by atoms with Crippen LogP contribution in [0.15, 0.2) is 47.4 Å². The van der Waals surface area contributed by atoms with Crippen LogP contribution < -0.4 is 0 Å². The number of ether oxygens (including phenoxy) is 2. The number of carbonyl (C=O) groups is 2. The Morgan fingerprint density at radius 1 is 1.03 bits per heavy atom. The fourth-order valence-corrected chi connectivity index (χ4v) is 5.68. The van der Waals surface area contributed by atoms with E-state index in [-0.39, 0.29) is 27.9 Å². The number of nitrogens with zero attached hydrogens (tertiary/aromatic N) is 2. The van der Waals surface area contributed by atoms with Crippen LogP contribution in [0.1, 0.15) is 21.5 Å². The number of esters is 1. The SMILES string of the molecule is O=C(OCC(=O)N1CCOCC1)c1ccc(Cl)c(S(=O)(=O)N2CCc3ccccc3C2)c1. The predicted molar refractivity (Wildman–Crippen MR) is 117 cm³/mol. The Balaban J connectivity index is 1.48. The topological polar surface area (TPSA) is 93.2 Å². The summed E-state index contributed by atoms with van der Waals surface area (Å²) in [5.74, 6) is -1.11. The van der Waals surface area contributed by atoms with E-state index in [1.54, 1.807) is 4.90 Å². The van der Waals surface area contributed by atoms with Gasteiger partial charge in [-0.2, -0.15) is 4.31 Å². The van der Waals surface area contributed by atoms with Crippen molar-refractivity contribution >= 4 is 33.5 Å². The number of benzene rings is 2. The second-order valence-electron chi connectivity index (χ2n) is 7.57. The third-order valence-electron chi connectivity index (χ3n) is 5.57. The molecule has 1 fully saturated rings. The van der Waals surface area contributed by atoms with Crippen LogP contribution in [-0.4, -0.2) is 69.0 Å². The lowest BCUT2D eigenvalue weighted by atomic mass is 10.0. The molecule has 0 spiro atoms. The van der Waals surface area contributed by atoms with Gasteiger partial charge in [-0.3, -0.25) is 4.79 Å². The zero-order chi connectivity index (χ0) is 22.7. The molecule has 0 atom stereocenters. The van der Waals surface area contributed by atoms with Gasteiger partial charge in [0, 0.05) is 26.2 Å². The van der Waals surface area contributed by atoms with Crippen LogP contribution in [0.5, 0.6) is 0 Å². The van der Waals surface area contributed by atoms with Gasteiger partial charge in [-0.15, -0.1) is 0 Å². The fourth-order valence-electron chi connectivity index (χ4n) is 3.76. The van der Waals surface area contributed by atoms with Crippen LogP contribution in [-0.2, 0) is 37.3 Å². The fraction of sp³-hybridized carbons (Fsp3) is 0.364. The Labute approximate surface area is 191 Å². The molecule has 2 aliphatic heterocycles. The van der Waals surface area contributed by atoms with Gasteiger partial charge < -0.3 is 14.4 Å². The first-order valence-electron chi connectivity index (χ1n) is 10.3. The van der Waals surface area contributed by atoms with E-state index in [1.807, 2.05) is 24.3 Å². The normalized spacial score (nSPS) is 17.0. The number of hydrogen-bond donors (Lipinski definition) is 0. The molecule has 4 rings (SSSR count). The van der Waals surface area contributed by atoms with E-state index in [4.69, 9.17) is 21.1 Å². The Morgan fingerprint density at radius 2 is 1.75 bits per heavy atom. The molecule has 0 saturated carbocycles. The maximum atomic E-state index is 13.3. The van der Waals surface area contributed by atoms with Crippen molar-refractivity contribution in [3.8, 4) is 0 Å². The third-order valence-corrected chi connectivity index (χ3v) is 7.90. The quantitative estimate of drug-likeness (QED) is 0.611. The molecule has 0 aromatic heterocycles. The highest BCUT2D eigenvalue weighted by Gasteiger charge is 2.31. The highest BCUT2D eigenvalue weighted by molar-refractivity contribution is 7.89. The molecule has 170 valence electrons. The van der Waals surface area contributed by atoms with Gasteiger partial charge in [0.05, 0.1) is 23.8 Å². The standard InChI is InChI=1S/C22H23ClN2O6S/c23-19-6-5-17(22(27)31-15-21(26)24-9-11-30-12-10-24)13-20(19)32(28,29)25-8-7-16-3-1-2-4-18(16)14-25/h1-6,13H,7-12,14-15H2. The van der Waals surface area contributed by atoms with Gasteiger partial charge >= 0.3 is 5.97 Å². The summed E-state index contributed by atoms with van der Waals surface area (Å²) in [6.07, 6.45) is 0.596. The molecule has 10 heteroatoms. The molecule has 0 aliphatic carbocycles. The number of amides is 1. The lowest BCUT2D eigenvalue weighted by Gasteiger charge is -2.28. The number of hydrogen-bond acceptors (Lipinski definition) is 6. The van der Waals surface area contributed by atoms with Crippen LogP contribution in [0.2, 0.25) is 5.02 Å². The van der Waals surface area contributed by atoms with Gasteiger partial charge in [-0.1, -0.05) is 35.9 Å². The maximum Gasteiger partial charge on any atom is 0.338 e. The van der Waals surface area contributed by atoms with Gasteiger partial charge in [0.2, 0.25) is 10.0 Å². The molecule has 2 heterocycles. The van der Waals surface area contributed by atoms with Gasteiger partial charge in [-0.05, 0) is 35.7 Å². The van der Waals surface area contributed by atoms with Crippen molar-refractivity contribution in [2.75, 3.05) is 39.5 Å². The van der Waals surface area contributed by atoms with Crippen LogP contribution in [0.25, 0.3) is 0 Å². The summed E-state index contributed by atoms with van der Waals surface area (Å²) in [7, 11) is -3.94. The first-order valence-corrected chi connectivity index (χ1v) is 12.1. The van der Waals surface area contributed by atoms with Gasteiger partial charge in [-0.25, -0.2) is 13.2 Å². The molecule has 32 heavy (non-hydrogen) atoms. The summed E-state index contributed by atoms with van der Waals surface area (Å²) >= 11 is 6.20. The van der Waals surface area contributed by atoms with Crippen molar-refractivity contribution in [3.63, 3.8) is 0 Å². The van der Waals surface area contributed by atoms with Gasteiger partial charge in [0.25, 0.3) is 5.91 Å². The molecular formula is C22H23ClN2O6S. The van der Waals surface area contributed by atoms with Crippen molar-refractivity contribution in [1.29, 1.82) is 0 Å². The highest BCUT2D eigenvalue weighted by atomic mass is 35.5. The molecule has 8 nitrogen and oxygen atoms in total. The second kappa shape index (κ2) is 9.58. The number of rotatable bonds is 5. The van der Waals surface area contributed by atoms with Crippen LogP contribution >= 0.6 is 11.6 Å². The molecule has 2 aromatic rings. The monoisotopic (exact) mass is 478 g/mol. The van der Waals surface area contributed by atoms with Crippen molar-refractivity contribution < 1.29 is 27.5 Å². The van der Waals surface area contributed by atoms with E-state index in [0.29, 0.717) is 39.3 Å². The average Bonchev–Trinajstić information content (AvgIpc) is 2.82. The van der Waals surface area contributed by atoms with E-state index in [0.717, 1.165) is 11.1 Å². The molecule has 0 N–H and O–H groups in total. The lowest BCUT2D eigenvalue weighted by molar-refractivity contribution is -0.138. The molecular weight excluding hydrogens is 456 g/mol. The summed E-state index contributed by atoms with van der Waals surface area (Å²) in [4.78, 5) is 26.1. The third kappa shape index (κ3) is 4.80. The number of sulfonamides is 1. The van der Waals surface area contributed by atoms with Crippen molar-refractivity contribution in [2.45, 2.75) is 17.9 Å². The summed E-state index contributed by atoms with van der Waals surface area (Å²) in [6, 6.07) is 11.6. The summed E-state index contributed by atoms with van der Waals surface area (Å²) in [5.41, 5.74) is 2.07. The van der Waals surface area contributed by atoms with Crippen LogP contribution in [0, 0.1) is 0 Å². The molecule has 0 radical (unpaired) electrons. The maximum absolute atomic E-state index is 13.3. The Kier molecular flexibility index (Phi) is 6.80. The molecule has 2 aliphatic rings. The number of morpholine rings is 1. The minimum Gasteiger partial charge on any atom is -0.452 e. The minimum atomic E-state index is -3.94. The van der Waals surface area contributed by atoms with E-state index < -0.39 is 22.6 Å². The first kappa shape index (κ1) is 22.7. The number of carbonyl (C=O) groups excluding carboxylic acids is 2. The highest BCUT2D eigenvalue weighted by Crippen LogP contribution is 2.30. The number of halogens is 1. The van der Waals surface area contributed by atoms with E-state index >= 15 is 0 Å². The second-order valence-corrected chi connectivity index (χ2v) is 9.89. The summed E-state index contributed by atoms with van der Waals surface area (Å²) in [6.45, 7) is 1.90. The van der Waals surface area contributed by atoms with Crippen molar-refractivity contribution in [3.05, 3.63) is 64.2 Å². The average molecular weight is 479 g/mol. The van der Waals surface area contributed by atoms with E-state index in [2.05, 4.69) is 0 Å². The summed E-state index contributed by atoms with van der Waals surface area (Å²) < 4.78 is 38.2. The summed E-state index contributed by atoms with van der Waals surface area (Å²) in [5, 5.41) is 0.0183. The Morgan fingerprint density at radius 3 is 2.50 bits per heavy atom. The van der Waals surface area contributed by atoms with Crippen LogP contribution in [0.4, 0.5) is 0 Å². The van der Waals surface area contributed by atoms with Crippen molar-refractivity contribution in [1.82, 2.24) is 9.21 Å². The molecule has 1 saturated heterocycles. The van der Waals surface area contributed by atoms with E-state index in [1.165, 1.54) is 22.5 Å². The molecule has 1 amide bonds. The van der Waals surface area contributed by atoms with Crippen LogP contribution in [0.3, 0.4) is 0 Å². The lowest BCUT2D eigenvalue weighted by Crippen LogP contribution is -2.42.